The molecule has 0 radical (unpaired) electrons. The first-order valence-electron chi connectivity index (χ1n) is 10.2. The number of hydrogen-bond donors (Lipinski definition) is 1. The van der Waals surface area contributed by atoms with Gasteiger partial charge in [-0.3, -0.25) is 9.59 Å². The first-order chi connectivity index (χ1) is 14.0. The van der Waals surface area contributed by atoms with Crippen molar-refractivity contribution in [1.82, 2.24) is 14.5 Å². The Morgan fingerprint density at radius 2 is 1.76 bits per heavy atom. The molecule has 1 atom stereocenters. The van der Waals surface area contributed by atoms with Gasteiger partial charge in [0, 0.05) is 36.7 Å². The van der Waals surface area contributed by atoms with Crippen molar-refractivity contribution in [3.8, 4) is 0 Å². The van der Waals surface area contributed by atoms with Crippen LogP contribution < -0.4 is 10.9 Å². The molecule has 0 fully saturated rings. The number of benzene rings is 1. The van der Waals surface area contributed by atoms with E-state index in [1.54, 1.807) is 22.9 Å². The third-order valence-electron chi connectivity index (χ3n) is 5.41. The second-order valence-corrected chi connectivity index (χ2v) is 7.44. The highest BCUT2D eigenvalue weighted by Crippen LogP contribution is 2.25. The Kier molecular flexibility index (Phi) is 6.70. The van der Waals surface area contributed by atoms with E-state index in [9.17, 15) is 9.59 Å². The number of amides is 1. The molecule has 0 bridgehead atoms. The van der Waals surface area contributed by atoms with E-state index in [0.29, 0.717) is 13.1 Å². The minimum absolute atomic E-state index is 0.0107. The van der Waals surface area contributed by atoms with E-state index < -0.39 is 0 Å². The van der Waals surface area contributed by atoms with E-state index in [4.69, 9.17) is 0 Å². The zero-order valence-electron chi connectivity index (χ0n) is 17.4. The third kappa shape index (κ3) is 4.86. The average Bonchev–Trinajstić information content (AvgIpc) is 3.03. The number of carbonyl (C=O) groups is 1. The van der Waals surface area contributed by atoms with Crippen LogP contribution in [0.1, 0.15) is 53.1 Å². The van der Waals surface area contributed by atoms with Crippen LogP contribution in [0.25, 0.3) is 0 Å². The molecule has 0 saturated heterocycles. The highest BCUT2D eigenvalue weighted by Gasteiger charge is 2.19. The maximum Gasteiger partial charge on any atom is 0.253 e. The quantitative estimate of drug-likeness (QED) is 0.588. The van der Waals surface area contributed by atoms with Crippen molar-refractivity contribution in [2.75, 3.05) is 6.54 Å². The van der Waals surface area contributed by atoms with Crippen molar-refractivity contribution in [2.45, 2.75) is 46.2 Å². The minimum Gasteiger partial charge on any atom is -0.352 e. The van der Waals surface area contributed by atoms with Crippen LogP contribution in [0.15, 0.2) is 65.6 Å². The summed E-state index contributed by atoms with van der Waals surface area (Å²) in [6, 6.07) is 17.6. The molecular weight excluding hydrogens is 362 g/mol. The van der Waals surface area contributed by atoms with E-state index in [2.05, 4.69) is 28.9 Å². The van der Waals surface area contributed by atoms with E-state index >= 15 is 0 Å². The smallest absolute Gasteiger partial charge is 0.253 e. The highest BCUT2D eigenvalue weighted by molar-refractivity contribution is 5.95. The van der Waals surface area contributed by atoms with Crippen molar-refractivity contribution in [2.24, 2.45) is 0 Å². The third-order valence-corrected chi connectivity index (χ3v) is 5.41. The molecule has 5 heteroatoms. The van der Waals surface area contributed by atoms with Gasteiger partial charge in [-0.2, -0.15) is 0 Å². The molecule has 5 nitrogen and oxygen atoms in total. The van der Waals surface area contributed by atoms with Crippen molar-refractivity contribution in [3.05, 3.63) is 93.7 Å². The van der Waals surface area contributed by atoms with Crippen molar-refractivity contribution >= 4 is 5.91 Å². The summed E-state index contributed by atoms with van der Waals surface area (Å²) in [7, 11) is 0. The lowest BCUT2D eigenvalue weighted by Gasteiger charge is -2.19. The number of nitrogens with one attached hydrogen (secondary N) is 1. The molecule has 1 aromatic carbocycles. The van der Waals surface area contributed by atoms with E-state index in [0.717, 1.165) is 29.8 Å². The Balaban J connectivity index is 1.57. The van der Waals surface area contributed by atoms with Crippen LogP contribution in [-0.2, 0) is 6.54 Å². The fourth-order valence-electron chi connectivity index (χ4n) is 3.83. The van der Waals surface area contributed by atoms with E-state index in [1.807, 2.05) is 44.2 Å². The van der Waals surface area contributed by atoms with E-state index in [-0.39, 0.29) is 17.5 Å². The van der Waals surface area contributed by atoms with Crippen LogP contribution >= 0.6 is 0 Å². The summed E-state index contributed by atoms with van der Waals surface area (Å²) in [6.07, 6.45) is 3.46. The topological polar surface area (TPSA) is 56.0 Å². The van der Waals surface area contributed by atoms with Crippen LogP contribution in [0.3, 0.4) is 0 Å². The molecule has 0 aliphatic carbocycles. The predicted molar refractivity (Wildman–Crippen MR) is 116 cm³/mol. The number of aromatic nitrogens is 2. The molecule has 1 amide bonds. The maximum atomic E-state index is 12.7. The van der Waals surface area contributed by atoms with E-state index in [1.165, 1.54) is 5.56 Å². The van der Waals surface area contributed by atoms with Gasteiger partial charge in [-0.25, -0.2) is 0 Å². The van der Waals surface area contributed by atoms with Crippen LogP contribution in [0.4, 0.5) is 0 Å². The van der Waals surface area contributed by atoms with Gasteiger partial charge in [-0.1, -0.05) is 36.4 Å². The first-order valence-corrected chi connectivity index (χ1v) is 10.2. The fourth-order valence-corrected chi connectivity index (χ4v) is 3.83. The molecule has 3 aromatic rings. The second-order valence-electron chi connectivity index (χ2n) is 7.44. The maximum absolute atomic E-state index is 12.7. The summed E-state index contributed by atoms with van der Waals surface area (Å²) in [5, 5.41) is 3.02. The van der Waals surface area contributed by atoms with Gasteiger partial charge in [0.05, 0.1) is 11.6 Å². The number of carbonyl (C=O) groups excluding carboxylic acids is 1. The molecule has 0 aliphatic heterocycles. The molecule has 0 saturated carbocycles. The van der Waals surface area contributed by atoms with Crippen LogP contribution in [0, 0.1) is 13.8 Å². The normalized spacial score (nSPS) is 12.0. The molecular formula is C24H29N3O2. The summed E-state index contributed by atoms with van der Waals surface area (Å²) in [6.45, 7) is 7.46. The van der Waals surface area contributed by atoms with Gasteiger partial charge >= 0.3 is 0 Å². The molecule has 2 heterocycles. The summed E-state index contributed by atoms with van der Waals surface area (Å²) in [5.74, 6) is -0.0403. The predicted octanol–water partition coefficient (Wildman–Crippen LogP) is 4.09. The summed E-state index contributed by atoms with van der Waals surface area (Å²) >= 11 is 0. The fraction of sp³-hybridized carbons (Fsp3) is 0.333. The Morgan fingerprint density at radius 1 is 1.03 bits per heavy atom. The number of aryl methyl sites for hydroxylation is 2. The molecule has 0 aliphatic rings. The number of rotatable bonds is 8. The largest absolute Gasteiger partial charge is 0.352 e. The average molecular weight is 392 g/mol. The lowest BCUT2D eigenvalue weighted by Crippen LogP contribution is -2.25. The summed E-state index contributed by atoms with van der Waals surface area (Å²) in [4.78, 5) is 24.4. The first kappa shape index (κ1) is 20.6. The van der Waals surface area contributed by atoms with Crippen molar-refractivity contribution in [1.29, 1.82) is 0 Å². The Bertz CT molecular complexity index is 1020. The second kappa shape index (κ2) is 9.41. The lowest BCUT2D eigenvalue weighted by molar-refractivity contribution is 0.0952. The zero-order valence-corrected chi connectivity index (χ0v) is 17.4. The summed E-state index contributed by atoms with van der Waals surface area (Å²) in [5.41, 5.74) is 4.01. The molecule has 152 valence electrons. The Hall–Kier alpha value is -3.08. The van der Waals surface area contributed by atoms with Gasteiger partial charge in [-0.05, 0) is 51.3 Å². The van der Waals surface area contributed by atoms with Gasteiger partial charge in [0.25, 0.3) is 5.91 Å². The molecule has 3 rings (SSSR count). The standard InChI is InChI=1S/C24H29N3O2/c1-18-17-22(20(3)27(18)19(2)21-11-5-4-6-12-21)24(29)25-14-8-10-16-26-15-9-7-13-23(26)28/h4-7,9,11-13,15,17,19H,8,10,14,16H2,1-3H3,(H,25,29). The number of unbranched alkanes of at least 4 members (excludes halogenated alkanes) is 1. The summed E-state index contributed by atoms with van der Waals surface area (Å²) < 4.78 is 3.91. The van der Waals surface area contributed by atoms with Gasteiger partial charge in [0.15, 0.2) is 0 Å². The van der Waals surface area contributed by atoms with Gasteiger partial charge in [0.1, 0.15) is 0 Å². The van der Waals surface area contributed by atoms with Crippen LogP contribution in [-0.4, -0.2) is 21.6 Å². The molecule has 1 N–H and O–H groups in total. The monoisotopic (exact) mass is 391 g/mol. The minimum atomic E-state index is -0.0403. The van der Waals surface area contributed by atoms with Gasteiger partial charge in [0.2, 0.25) is 5.56 Å². The molecule has 1 unspecified atom stereocenters. The highest BCUT2D eigenvalue weighted by atomic mass is 16.1. The van der Waals surface area contributed by atoms with Crippen molar-refractivity contribution in [3.63, 3.8) is 0 Å². The van der Waals surface area contributed by atoms with Gasteiger partial charge in [-0.15, -0.1) is 0 Å². The number of pyridine rings is 1. The lowest BCUT2D eigenvalue weighted by atomic mass is 10.1. The van der Waals surface area contributed by atoms with Crippen molar-refractivity contribution < 1.29 is 4.79 Å². The Labute approximate surface area is 172 Å². The Morgan fingerprint density at radius 3 is 2.48 bits per heavy atom. The van der Waals surface area contributed by atoms with Gasteiger partial charge < -0.3 is 14.5 Å². The SMILES string of the molecule is Cc1cc(C(=O)NCCCCn2ccccc2=O)c(C)n1C(C)c1ccccc1. The molecule has 0 spiro atoms. The number of hydrogen-bond acceptors (Lipinski definition) is 2. The van der Waals surface area contributed by atoms with Crippen LogP contribution in [0.5, 0.6) is 0 Å². The molecule has 2 aromatic heterocycles. The number of nitrogens with zero attached hydrogens (tertiary/aromatic N) is 2. The molecule has 29 heavy (non-hydrogen) atoms. The zero-order chi connectivity index (χ0) is 20.8. The van der Waals surface area contributed by atoms with Crippen LogP contribution in [0.2, 0.25) is 0 Å².